The molecule has 432 valence electrons. The molecule has 5 rings (SSSR count). The number of carbonyl (C=O) groups excluding carboxylic acids is 8. The Hall–Kier alpha value is -6.16. The van der Waals surface area contributed by atoms with Crippen LogP contribution in [-0.2, 0) is 127 Å². The third-order valence-electron chi connectivity index (χ3n) is 12.0. The van der Waals surface area contributed by atoms with Gasteiger partial charge in [0, 0.05) is 61.5 Å². The van der Waals surface area contributed by atoms with E-state index in [1.54, 1.807) is 60.7 Å². The van der Waals surface area contributed by atoms with Crippen molar-refractivity contribution in [2.45, 2.75) is 179 Å². The first-order valence-corrected chi connectivity index (χ1v) is 25.3. The quantitative estimate of drug-likeness (QED) is 0.0764. The number of esters is 8. The predicted octanol–water partition coefficient (Wildman–Crippen LogP) is 2.63. The number of aliphatic hydroxyl groups excluding tert-OH is 1. The summed E-state index contributed by atoms with van der Waals surface area (Å²) in [6, 6.07) is 17.5. The fourth-order valence-electron chi connectivity index (χ4n) is 8.70. The SMILES string of the molecule is COC(=O)CCCCCO[C@H]1O[C@H](COC(C)=O)[C@@H](OC(C)=O)[C@H](OC(C)=O)[C@H]1O[C@H]1O[C@H](COC(C)=O)[C@@H](OC(C)=O)[C@H](OCc2ccccc2)[C@H]1O[C@H]1O[C@H](COC(C)=O)[C@@H](OC(C)=O)[C@H](OCc2ccccc2)[C@H]1O. The summed E-state index contributed by atoms with van der Waals surface area (Å²) in [7, 11) is 1.27. The molecule has 0 aliphatic carbocycles. The molecule has 15 atom stereocenters. The minimum atomic E-state index is -1.91. The number of aliphatic hydroxyl groups is 1. The van der Waals surface area contributed by atoms with Gasteiger partial charge in [0.15, 0.2) is 49.4 Å². The number of rotatable bonds is 27. The van der Waals surface area contributed by atoms with Crippen molar-refractivity contribution >= 4 is 47.8 Å². The van der Waals surface area contributed by atoms with Gasteiger partial charge in [-0.2, -0.15) is 0 Å². The Bertz CT molecular complexity index is 2260. The van der Waals surface area contributed by atoms with Crippen molar-refractivity contribution in [1.29, 1.82) is 0 Å². The molecule has 0 spiro atoms. The average molecular weight is 1110 g/mol. The fraction of sp³-hybridized carbons (Fsp3) is 0.623. The highest BCUT2D eigenvalue weighted by molar-refractivity contribution is 5.69. The number of carbonyl (C=O) groups is 8. The van der Waals surface area contributed by atoms with Gasteiger partial charge in [0.1, 0.15) is 62.5 Å². The molecule has 3 fully saturated rings. The van der Waals surface area contributed by atoms with E-state index in [4.69, 9.17) is 75.8 Å². The first-order valence-electron chi connectivity index (χ1n) is 25.3. The Morgan fingerprint density at radius 2 is 0.833 bits per heavy atom. The second-order valence-corrected chi connectivity index (χ2v) is 18.3. The predicted molar refractivity (Wildman–Crippen MR) is 260 cm³/mol. The molecular weight excluding hydrogens is 1040 g/mol. The van der Waals surface area contributed by atoms with Crippen LogP contribution in [0.5, 0.6) is 0 Å². The molecule has 3 heterocycles. The summed E-state index contributed by atoms with van der Waals surface area (Å²) >= 11 is 0. The lowest BCUT2D eigenvalue weighted by Crippen LogP contribution is -2.68. The highest BCUT2D eigenvalue weighted by atomic mass is 16.8. The van der Waals surface area contributed by atoms with Crippen LogP contribution in [0.2, 0.25) is 0 Å². The lowest BCUT2D eigenvalue weighted by Gasteiger charge is -2.50. The van der Waals surface area contributed by atoms with Gasteiger partial charge in [-0.15, -0.1) is 0 Å². The Labute approximate surface area is 450 Å². The highest BCUT2D eigenvalue weighted by Gasteiger charge is 2.59. The molecule has 25 heteroatoms. The highest BCUT2D eigenvalue weighted by Crippen LogP contribution is 2.38. The van der Waals surface area contributed by atoms with E-state index in [9.17, 15) is 43.5 Å². The third kappa shape index (κ3) is 19.6. The molecule has 1 N–H and O–H groups in total. The van der Waals surface area contributed by atoms with Crippen LogP contribution in [0.3, 0.4) is 0 Å². The Balaban J connectivity index is 1.69. The number of benzene rings is 2. The van der Waals surface area contributed by atoms with Crippen LogP contribution in [0, 0.1) is 0 Å². The van der Waals surface area contributed by atoms with Crippen LogP contribution in [0.25, 0.3) is 0 Å². The van der Waals surface area contributed by atoms with E-state index < -0.39 is 160 Å². The average Bonchev–Trinajstić information content (AvgIpc) is 3.41. The Morgan fingerprint density at radius 1 is 0.436 bits per heavy atom. The van der Waals surface area contributed by atoms with Gasteiger partial charge in [0.25, 0.3) is 0 Å². The number of ether oxygens (including phenoxy) is 16. The molecule has 0 saturated carbocycles. The van der Waals surface area contributed by atoms with Gasteiger partial charge in [-0.1, -0.05) is 67.1 Å². The molecule has 0 amide bonds. The van der Waals surface area contributed by atoms with Crippen molar-refractivity contribution < 1.29 is 119 Å². The minimum Gasteiger partial charge on any atom is -0.469 e. The molecule has 0 aromatic heterocycles. The zero-order valence-electron chi connectivity index (χ0n) is 44.7. The summed E-state index contributed by atoms with van der Waals surface area (Å²) in [6.07, 6.45) is -22.9. The molecular formula is C53H70O25. The molecule has 3 aliphatic rings. The van der Waals surface area contributed by atoms with Gasteiger partial charge >= 0.3 is 47.8 Å². The summed E-state index contributed by atoms with van der Waals surface area (Å²) in [6.45, 7) is 5.62. The second-order valence-electron chi connectivity index (χ2n) is 18.3. The summed E-state index contributed by atoms with van der Waals surface area (Å²) < 4.78 is 96.1. The topological polar surface area (TPSA) is 304 Å². The van der Waals surface area contributed by atoms with Crippen molar-refractivity contribution in [3.8, 4) is 0 Å². The van der Waals surface area contributed by atoms with Crippen molar-refractivity contribution in [2.24, 2.45) is 0 Å². The van der Waals surface area contributed by atoms with Gasteiger partial charge in [0.2, 0.25) is 0 Å². The van der Waals surface area contributed by atoms with Crippen LogP contribution in [0.4, 0.5) is 0 Å². The van der Waals surface area contributed by atoms with E-state index in [-0.39, 0.29) is 26.2 Å². The maximum Gasteiger partial charge on any atom is 0.305 e. The summed E-state index contributed by atoms with van der Waals surface area (Å²) in [5.74, 6) is -6.11. The smallest absolute Gasteiger partial charge is 0.305 e. The minimum absolute atomic E-state index is 0.0887. The van der Waals surface area contributed by atoms with Crippen LogP contribution in [0.15, 0.2) is 60.7 Å². The molecule has 3 aliphatic heterocycles. The number of methoxy groups -OCH3 is 1. The molecule has 2 aromatic carbocycles. The molecule has 3 saturated heterocycles. The molecule has 2 aromatic rings. The van der Waals surface area contributed by atoms with E-state index in [0.717, 1.165) is 48.5 Å². The van der Waals surface area contributed by atoms with E-state index in [2.05, 4.69) is 0 Å². The van der Waals surface area contributed by atoms with Crippen molar-refractivity contribution in [3.63, 3.8) is 0 Å². The summed E-state index contributed by atoms with van der Waals surface area (Å²) in [5.41, 5.74) is 1.25. The number of unbranched alkanes of at least 4 members (excludes halogenated alkanes) is 2. The van der Waals surface area contributed by atoms with Gasteiger partial charge < -0.3 is 80.9 Å². The molecule has 78 heavy (non-hydrogen) atoms. The largest absolute Gasteiger partial charge is 0.469 e. The van der Waals surface area contributed by atoms with Crippen molar-refractivity contribution in [1.82, 2.24) is 0 Å². The van der Waals surface area contributed by atoms with E-state index in [1.807, 2.05) is 0 Å². The monoisotopic (exact) mass is 1110 g/mol. The summed E-state index contributed by atoms with van der Waals surface area (Å²) in [5, 5.41) is 12.4. The zero-order valence-corrected chi connectivity index (χ0v) is 44.7. The van der Waals surface area contributed by atoms with Gasteiger partial charge in [-0.05, 0) is 24.0 Å². The van der Waals surface area contributed by atoms with Crippen LogP contribution in [0.1, 0.15) is 85.3 Å². The lowest BCUT2D eigenvalue weighted by atomic mass is 9.95. The van der Waals surface area contributed by atoms with Crippen molar-refractivity contribution in [3.05, 3.63) is 71.8 Å². The van der Waals surface area contributed by atoms with Crippen LogP contribution in [-0.4, -0.2) is 179 Å². The molecule has 0 unspecified atom stereocenters. The maximum atomic E-state index is 13.1. The van der Waals surface area contributed by atoms with Crippen LogP contribution >= 0.6 is 0 Å². The van der Waals surface area contributed by atoms with E-state index in [0.29, 0.717) is 30.4 Å². The standard InChI is InChI=1S/C53H70O25/c1-29(54)65-26-38-43(70-32(4)57)46(68-24-36-18-12-9-13-19-36)42(62)51(74-38)77-49-47(69-25-37-20-14-10-15-21-37)44(71-33(5)58)39(27-66-30(2)55)76-53(49)78-50-48(73-35(7)60)45(72-34(6)59)40(28-67-31(3)56)75-52(50)64-23-17-11-16-22-41(61)63-8/h9-10,12-15,18-21,38-40,42-53,62H,11,16-17,22-28H2,1-8H3/t38-,39-,40-,42-,43-,44-,45-,46-,47+,48+,49-,50-,51-,52+,53-/m1/s1. The zero-order chi connectivity index (χ0) is 56.9. The molecule has 0 bridgehead atoms. The van der Waals surface area contributed by atoms with Crippen molar-refractivity contribution in [2.75, 3.05) is 33.5 Å². The maximum absolute atomic E-state index is 13.1. The van der Waals surface area contributed by atoms with E-state index >= 15 is 0 Å². The van der Waals surface area contributed by atoms with E-state index in [1.165, 1.54) is 7.11 Å². The second kappa shape index (κ2) is 31.4. The van der Waals surface area contributed by atoms with Crippen LogP contribution < -0.4 is 0 Å². The first-order chi connectivity index (χ1) is 37.2. The Kier molecular flexibility index (Phi) is 25.3. The number of hydrogen-bond acceptors (Lipinski definition) is 25. The third-order valence-corrected chi connectivity index (χ3v) is 12.0. The Morgan fingerprint density at radius 3 is 1.29 bits per heavy atom. The first kappa shape index (κ1) is 62.7. The van der Waals surface area contributed by atoms with Gasteiger partial charge in [-0.25, -0.2) is 0 Å². The summed E-state index contributed by atoms with van der Waals surface area (Å²) in [4.78, 5) is 100. The van der Waals surface area contributed by atoms with Gasteiger partial charge in [-0.3, -0.25) is 38.4 Å². The lowest BCUT2D eigenvalue weighted by molar-refractivity contribution is -0.397. The fourth-order valence-corrected chi connectivity index (χ4v) is 8.70. The van der Waals surface area contributed by atoms with Gasteiger partial charge in [0.05, 0.1) is 20.3 Å². The molecule has 0 radical (unpaired) electrons. The number of hydrogen-bond donors (Lipinski definition) is 1. The normalized spacial score (nSPS) is 28.7. The molecule has 25 nitrogen and oxygen atoms in total.